The van der Waals surface area contributed by atoms with E-state index >= 15 is 0 Å². The third-order valence-electron chi connectivity index (χ3n) is 8.19. The summed E-state index contributed by atoms with van der Waals surface area (Å²) < 4.78 is 1.20. The molecule has 0 spiro atoms. The van der Waals surface area contributed by atoms with Gasteiger partial charge in [-0.15, -0.1) is 11.3 Å². The second-order valence-corrected chi connectivity index (χ2v) is 12.0. The topological polar surface area (TPSA) is 25.2 Å². The first kappa shape index (κ1) is 25.6. The van der Waals surface area contributed by atoms with E-state index in [-0.39, 0.29) is 0 Å². The molecule has 8 rings (SSSR count). The summed E-state index contributed by atoms with van der Waals surface area (Å²) in [6.45, 7) is 0. The lowest BCUT2D eigenvalue weighted by Crippen LogP contribution is -1.89. The monoisotopic (exact) mass is 568 g/mol. The normalized spacial score (nSPS) is 13.0. The number of fused-ring (bicyclic) bond motifs is 2. The number of rotatable bonds is 5. The van der Waals surface area contributed by atoms with Gasteiger partial charge in [0.2, 0.25) is 0 Å². The minimum Gasteiger partial charge on any atom is -0.261 e. The van der Waals surface area contributed by atoms with Crippen LogP contribution in [0, 0.1) is 0 Å². The number of aromatic nitrogens is 1. The molecule has 3 heteroatoms. The second kappa shape index (κ2) is 10.9. The lowest BCUT2D eigenvalue weighted by atomic mass is 9.96. The Kier molecular flexibility index (Phi) is 6.51. The van der Waals surface area contributed by atoms with Gasteiger partial charge in [-0.2, -0.15) is 0 Å². The van der Waals surface area contributed by atoms with E-state index < -0.39 is 0 Å². The van der Waals surface area contributed by atoms with E-state index in [9.17, 15) is 0 Å². The minimum atomic E-state index is 1.03. The van der Waals surface area contributed by atoms with Gasteiger partial charge in [0.1, 0.15) is 5.01 Å². The standard InChI is InChI=1S/C40H28N2S/c1-2-11-35-29(7-1)8-6-12-36(35)30-18-14-28(15-19-30)33-22-23-38-39(26-33)43-40(42-38)31-20-16-27(17-21-31)32-9-5-10-34(25-32)37-13-3-4-24-41-37/h1-2,5-26H,3-4H2. The summed E-state index contributed by atoms with van der Waals surface area (Å²) in [5, 5.41) is 3.59. The smallest absolute Gasteiger partial charge is 0.124 e. The lowest BCUT2D eigenvalue weighted by Gasteiger charge is -2.09. The quantitative estimate of drug-likeness (QED) is 0.203. The van der Waals surface area contributed by atoms with Crippen molar-refractivity contribution in [1.29, 1.82) is 0 Å². The van der Waals surface area contributed by atoms with Crippen molar-refractivity contribution in [3.63, 3.8) is 0 Å². The van der Waals surface area contributed by atoms with Gasteiger partial charge >= 0.3 is 0 Å². The van der Waals surface area contributed by atoms with Crippen LogP contribution in [0.1, 0.15) is 18.4 Å². The maximum Gasteiger partial charge on any atom is 0.124 e. The van der Waals surface area contributed by atoms with Crippen molar-refractivity contribution in [2.24, 2.45) is 4.99 Å². The third kappa shape index (κ3) is 4.98. The molecule has 0 fully saturated rings. The van der Waals surface area contributed by atoms with Crippen LogP contribution < -0.4 is 0 Å². The van der Waals surface area contributed by atoms with Gasteiger partial charge in [-0.05, 0) is 75.2 Å². The van der Waals surface area contributed by atoms with E-state index in [1.165, 1.54) is 54.4 Å². The van der Waals surface area contributed by atoms with Gasteiger partial charge in [0.15, 0.2) is 0 Å². The highest BCUT2D eigenvalue weighted by Gasteiger charge is 2.11. The molecule has 1 aliphatic heterocycles. The van der Waals surface area contributed by atoms with Crippen LogP contribution in [0.5, 0.6) is 0 Å². The molecule has 0 bridgehead atoms. The fourth-order valence-electron chi connectivity index (χ4n) is 5.91. The van der Waals surface area contributed by atoms with Gasteiger partial charge in [-0.3, -0.25) is 4.99 Å². The van der Waals surface area contributed by atoms with Crippen LogP contribution in [0.3, 0.4) is 0 Å². The molecule has 43 heavy (non-hydrogen) atoms. The van der Waals surface area contributed by atoms with Crippen molar-refractivity contribution in [1.82, 2.24) is 4.98 Å². The van der Waals surface area contributed by atoms with Gasteiger partial charge in [0.05, 0.1) is 15.9 Å². The molecule has 1 aromatic heterocycles. The molecule has 0 saturated carbocycles. The second-order valence-electron chi connectivity index (χ2n) is 10.9. The molecule has 6 aromatic carbocycles. The zero-order valence-corrected chi connectivity index (χ0v) is 24.4. The lowest BCUT2D eigenvalue weighted by molar-refractivity contribution is 1.09. The first-order chi connectivity index (χ1) is 21.3. The van der Waals surface area contributed by atoms with E-state index in [1.807, 2.05) is 6.21 Å². The highest BCUT2D eigenvalue weighted by Crippen LogP contribution is 2.36. The van der Waals surface area contributed by atoms with Crippen molar-refractivity contribution < 1.29 is 0 Å². The summed E-state index contributed by atoms with van der Waals surface area (Å²) in [5.74, 6) is 0. The summed E-state index contributed by atoms with van der Waals surface area (Å²) in [4.78, 5) is 9.56. The van der Waals surface area contributed by atoms with Crippen molar-refractivity contribution in [2.75, 3.05) is 0 Å². The van der Waals surface area contributed by atoms with Gasteiger partial charge in [-0.25, -0.2) is 4.98 Å². The summed E-state index contributed by atoms with van der Waals surface area (Å²) >= 11 is 1.75. The van der Waals surface area contributed by atoms with Crippen molar-refractivity contribution in [2.45, 2.75) is 12.8 Å². The van der Waals surface area contributed by atoms with Crippen LogP contribution in [0.25, 0.3) is 70.6 Å². The van der Waals surface area contributed by atoms with Crippen LogP contribution in [-0.4, -0.2) is 11.2 Å². The molecular formula is C40H28N2S. The van der Waals surface area contributed by atoms with Gasteiger partial charge in [-0.1, -0.05) is 121 Å². The molecule has 1 aliphatic rings. The largest absolute Gasteiger partial charge is 0.261 e. The van der Waals surface area contributed by atoms with Gasteiger partial charge in [0, 0.05) is 17.3 Å². The molecule has 0 atom stereocenters. The molecule has 2 heterocycles. The SMILES string of the molecule is C1=NC(c2cccc(-c3ccc(-c4nc5ccc(-c6ccc(-c7cccc8ccccc78)cc6)cc5s4)cc3)c2)=CCC1. The van der Waals surface area contributed by atoms with Crippen LogP contribution in [-0.2, 0) is 0 Å². The molecule has 0 radical (unpaired) electrons. The first-order valence-electron chi connectivity index (χ1n) is 14.7. The Labute approximate surface area is 255 Å². The summed E-state index contributed by atoms with van der Waals surface area (Å²) in [6.07, 6.45) is 6.32. The molecule has 7 aromatic rings. The zero-order chi connectivity index (χ0) is 28.6. The number of hydrogen-bond donors (Lipinski definition) is 0. The number of aliphatic imine (C=N–C) groups is 1. The Morgan fingerprint density at radius 3 is 2.00 bits per heavy atom. The van der Waals surface area contributed by atoms with Crippen molar-refractivity contribution >= 4 is 44.2 Å². The van der Waals surface area contributed by atoms with E-state index in [1.54, 1.807) is 11.3 Å². The molecule has 0 amide bonds. The molecule has 0 N–H and O–H groups in total. The fraction of sp³-hybridized carbons (Fsp3) is 0.0500. The number of hydrogen-bond acceptors (Lipinski definition) is 3. The van der Waals surface area contributed by atoms with Crippen molar-refractivity contribution in [3.05, 3.63) is 145 Å². The highest BCUT2D eigenvalue weighted by molar-refractivity contribution is 7.21. The summed E-state index contributed by atoms with van der Waals surface area (Å²) in [7, 11) is 0. The summed E-state index contributed by atoms with van der Waals surface area (Å²) in [6, 6.07) is 48.0. The van der Waals surface area contributed by atoms with E-state index in [0.717, 1.165) is 34.6 Å². The third-order valence-corrected chi connectivity index (χ3v) is 9.26. The average Bonchev–Trinajstić information content (AvgIpc) is 3.52. The Morgan fingerprint density at radius 1 is 0.512 bits per heavy atom. The predicted molar refractivity (Wildman–Crippen MR) is 185 cm³/mol. The number of benzene rings is 6. The number of allylic oxidation sites excluding steroid dienone is 1. The Morgan fingerprint density at radius 2 is 1.19 bits per heavy atom. The average molecular weight is 569 g/mol. The molecular weight excluding hydrogens is 541 g/mol. The molecule has 0 unspecified atom stereocenters. The Balaban J connectivity index is 1.05. The maximum atomic E-state index is 4.97. The molecule has 204 valence electrons. The van der Waals surface area contributed by atoms with Crippen LogP contribution in [0.4, 0.5) is 0 Å². The summed E-state index contributed by atoms with van der Waals surface area (Å²) in [5.41, 5.74) is 11.7. The van der Waals surface area contributed by atoms with Crippen LogP contribution in [0.2, 0.25) is 0 Å². The fourth-order valence-corrected chi connectivity index (χ4v) is 6.92. The Bertz CT molecular complexity index is 2160. The van der Waals surface area contributed by atoms with E-state index in [4.69, 9.17) is 4.98 Å². The highest BCUT2D eigenvalue weighted by atomic mass is 32.1. The van der Waals surface area contributed by atoms with Crippen LogP contribution in [0.15, 0.2) is 145 Å². The zero-order valence-electron chi connectivity index (χ0n) is 23.6. The number of nitrogens with zero attached hydrogens (tertiary/aromatic N) is 2. The predicted octanol–water partition coefficient (Wildman–Crippen LogP) is 11.3. The Hall–Kier alpha value is -5.12. The molecule has 0 aliphatic carbocycles. The minimum absolute atomic E-state index is 1.03. The molecule has 2 nitrogen and oxygen atoms in total. The van der Waals surface area contributed by atoms with Gasteiger partial charge in [0.25, 0.3) is 0 Å². The van der Waals surface area contributed by atoms with E-state index in [2.05, 4.69) is 145 Å². The molecule has 0 saturated heterocycles. The van der Waals surface area contributed by atoms with Gasteiger partial charge < -0.3 is 0 Å². The van der Waals surface area contributed by atoms with Crippen LogP contribution >= 0.6 is 11.3 Å². The number of thiazole rings is 1. The van der Waals surface area contributed by atoms with E-state index in [0.29, 0.717) is 0 Å². The first-order valence-corrected chi connectivity index (χ1v) is 15.5. The van der Waals surface area contributed by atoms with Crippen molar-refractivity contribution in [3.8, 4) is 44.0 Å². The maximum absolute atomic E-state index is 4.97.